The molecule has 1 aromatic carbocycles. The third kappa shape index (κ3) is 1.83. The van der Waals surface area contributed by atoms with Crippen LogP contribution in [-0.4, -0.2) is 15.9 Å². The van der Waals surface area contributed by atoms with E-state index < -0.39 is 11.5 Å². The van der Waals surface area contributed by atoms with Crippen LogP contribution in [0.3, 0.4) is 0 Å². The lowest BCUT2D eigenvalue weighted by atomic mass is 10.2. The number of carbonyl (C=O) groups is 1. The molecule has 80 valence electrons. The third-order valence-corrected chi connectivity index (χ3v) is 2.10. The van der Waals surface area contributed by atoms with Crippen molar-refractivity contribution in [2.45, 2.75) is 0 Å². The van der Waals surface area contributed by atoms with Crippen LogP contribution in [0.2, 0.25) is 0 Å². The zero-order valence-corrected chi connectivity index (χ0v) is 8.31. The van der Waals surface area contributed by atoms with Gasteiger partial charge < -0.3 is 10.7 Å². The first kappa shape index (κ1) is 10.1. The lowest BCUT2D eigenvalue weighted by Gasteiger charge is -2.00. The van der Waals surface area contributed by atoms with Crippen molar-refractivity contribution in [1.82, 2.24) is 9.97 Å². The number of nitrogens with zero attached hydrogens (tertiary/aromatic N) is 1. The molecule has 0 bridgehead atoms. The van der Waals surface area contributed by atoms with E-state index in [1.165, 1.54) is 6.20 Å². The molecular weight excluding hydrogens is 206 g/mol. The highest BCUT2D eigenvalue weighted by Crippen LogP contribution is 2.12. The fraction of sp³-hybridized carbons (Fsp3) is 0. The second-order valence-electron chi connectivity index (χ2n) is 3.20. The zero-order chi connectivity index (χ0) is 11.5. The molecule has 0 aliphatic heterocycles. The average Bonchev–Trinajstić information content (AvgIpc) is 2.29. The SMILES string of the molecule is NC(=O)c1ncc(-c2ccccc2)[nH]c1=O. The molecule has 3 N–H and O–H groups in total. The molecule has 0 aliphatic carbocycles. The van der Waals surface area contributed by atoms with Crippen LogP contribution in [0, 0.1) is 0 Å². The number of H-pyrrole nitrogens is 1. The van der Waals surface area contributed by atoms with E-state index in [0.717, 1.165) is 5.56 Å². The molecule has 0 saturated carbocycles. The van der Waals surface area contributed by atoms with Gasteiger partial charge in [-0.15, -0.1) is 0 Å². The fourth-order valence-electron chi connectivity index (χ4n) is 1.34. The van der Waals surface area contributed by atoms with Crippen LogP contribution in [-0.2, 0) is 0 Å². The Labute approximate surface area is 91.0 Å². The minimum Gasteiger partial charge on any atom is -0.364 e. The van der Waals surface area contributed by atoms with Gasteiger partial charge in [-0.25, -0.2) is 4.98 Å². The molecule has 5 nitrogen and oxygen atoms in total. The summed E-state index contributed by atoms with van der Waals surface area (Å²) in [6.45, 7) is 0. The quantitative estimate of drug-likeness (QED) is 0.766. The molecule has 0 saturated heterocycles. The van der Waals surface area contributed by atoms with Gasteiger partial charge in [0.1, 0.15) is 0 Å². The smallest absolute Gasteiger partial charge is 0.280 e. The second kappa shape index (κ2) is 3.98. The van der Waals surface area contributed by atoms with E-state index in [4.69, 9.17) is 5.73 Å². The molecular formula is C11H9N3O2. The molecule has 2 aromatic rings. The Morgan fingerprint density at radius 1 is 1.25 bits per heavy atom. The van der Waals surface area contributed by atoms with Gasteiger partial charge in [-0.2, -0.15) is 0 Å². The van der Waals surface area contributed by atoms with Gasteiger partial charge in [0, 0.05) is 0 Å². The maximum absolute atomic E-state index is 11.4. The minimum absolute atomic E-state index is 0.278. The zero-order valence-electron chi connectivity index (χ0n) is 8.31. The third-order valence-electron chi connectivity index (χ3n) is 2.10. The van der Waals surface area contributed by atoms with Gasteiger partial charge in [0.15, 0.2) is 5.69 Å². The topological polar surface area (TPSA) is 88.8 Å². The molecule has 1 amide bonds. The highest BCUT2D eigenvalue weighted by molar-refractivity contribution is 5.90. The molecule has 2 rings (SSSR count). The van der Waals surface area contributed by atoms with Crippen LogP contribution in [0.15, 0.2) is 41.3 Å². The summed E-state index contributed by atoms with van der Waals surface area (Å²) >= 11 is 0. The van der Waals surface area contributed by atoms with Crippen molar-refractivity contribution in [3.8, 4) is 11.3 Å². The summed E-state index contributed by atoms with van der Waals surface area (Å²) in [5.74, 6) is -0.833. The maximum atomic E-state index is 11.4. The Hall–Kier alpha value is -2.43. The summed E-state index contributed by atoms with van der Waals surface area (Å²) < 4.78 is 0. The maximum Gasteiger partial charge on any atom is 0.280 e. The number of nitrogens with one attached hydrogen (secondary N) is 1. The van der Waals surface area contributed by atoms with Crippen molar-refractivity contribution in [2.24, 2.45) is 5.73 Å². The van der Waals surface area contributed by atoms with Crippen molar-refractivity contribution < 1.29 is 4.79 Å². The first-order valence-corrected chi connectivity index (χ1v) is 4.63. The van der Waals surface area contributed by atoms with Crippen LogP contribution >= 0.6 is 0 Å². The molecule has 1 heterocycles. The summed E-state index contributed by atoms with van der Waals surface area (Å²) in [5.41, 5.74) is 5.50. The van der Waals surface area contributed by atoms with Crippen LogP contribution in [0.5, 0.6) is 0 Å². The van der Waals surface area contributed by atoms with Gasteiger partial charge in [-0.3, -0.25) is 9.59 Å². The predicted octanol–water partition coefficient (Wildman–Crippen LogP) is 0.536. The first-order chi connectivity index (χ1) is 7.68. The second-order valence-corrected chi connectivity index (χ2v) is 3.20. The highest BCUT2D eigenvalue weighted by Gasteiger charge is 2.08. The van der Waals surface area contributed by atoms with E-state index >= 15 is 0 Å². The van der Waals surface area contributed by atoms with E-state index in [0.29, 0.717) is 5.69 Å². The number of rotatable bonds is 2. The van der Waals surface area contributed by atoms with Crippen LogP contribution in [0.25, 0.3) is 11.3 Å². The Balaban J connectivity index is 2.51. The number of benzene rings is 1. The van der Waals surface area contributed by atoms with E-state index in [1.807, 2.05) is 30.3 Å². The van der Waals surface area contributed by atoms with Gasteiger partial charge in [-0.1, -0.05) is 30.3 Å². The molecule has 0 unspecified atom stereocenters. The van der Waals surface area contributed by atoms with Crippen molar-refractivity contribution in [3.05, 3.63) is 52.6 Å². The van der Waals surface area contributed by atoms with Gasteiger partial charge in [0.25, 0.3) is 11.5 Å². The minimum atomic E-state index is -0.833. The molecule has 5 heteroatoms. The molecule has 0 aliphatic rings. The number of primary amides is 1. The summed E-state index contributed by atoms with van der Waals surface area (Å²) in [4.78, 5) is 28.5. The van der Waals surface area contributed by atoms with Crippen molar-refractivity contribution in [3.63, 3.8) is 0 Å². The Morgan fingerprint density at radius 2 is 1.94 bits per heavy atom. The monoisotopic (exact) mass is 215 g/mol. The van der Waals surface area contributed by atoms with Crippen molar-refractivity contribution in [2.75, 3.05) is 0 Å². The lowest BCUT2D eigenvalue weighted by Crippen LogP contribution is -2.25. The number of hydrogen-bond acceptors (Lipinski definition) is 3. The van der Waals surface area contributed by atoms with E-state index in [-0.39, 0.29) is 5.69 Å². The summed E-state index contributed by atoms with van der Waals surface area (Å²) in [5, 5.41) is 0. The van der Waals surface area contributed by atoms with Crippen molar-refractivity contribution in [1.29, 1.82) is 0 Å². The number of aromatic amines is 1. The summed E-state index contributed by atoms with van der Waals surface area (Å²) in [6.07, 6.45) is 1.41. The van der Waals surface area contributed by atoms with Crippen LogP contribution in [0.1, 0.15) is 10.5 Å². The lowest BCUT2D eigenvalue weighted by molar-refractivity contribution is 0.0994. The predicted molar refractivity (Wildman–Crippen MR) is 58.8 cm³/mol. The molecule has 0 radical (unpaired) electrons. The van der Waals surface area contributed by atoms with Gasteiger partial charge in [-0.05, 0) is 5.56 Å². The number of carbonyl (C=O) groups excluding carboxylic acids is 1. The number of hydrogen-bond donors (Lipinski definition) is 2. The van der Waals surface area contributed by atoms with Crippen LogP contribution < -0.4 is 11.3 Å². The van der Waals surface area contributed by atoms with Gasteiger partial charge in [0.2, 0.25) is 0 Å². The Bertz CT molecular complexity index is 575. The molecule has 0 spiro atoms. The van der Waals surface area contributed by atoms with E-state index in [2.05, 4.69) is 9.97 Å². The summed E-state index contributed by atoms with van der Waals surface area (Å²) in [7, 11) is 0. The van der Waals surface area contributed by atoms with Gasteiger partial charge in [0.05, 0.1) is 11.9 Å². The average molecular weight is 215 g/mol. The molecule has 16 heavy (non-hydrogen) atoms. The number of nitrogens with two attached hydrogens (primary N) is 1. The van der Waals surface area contributed by atoms with E-state index in [9.17, 15) is 9.59 Å². The number of aromatic nitrogens is 2. The molecule has 1 aromatic heterocycles. The standard InChI is InChI=1S/C11H9N3O2/c12-10(15)9-11(16)14-8(6-13-9)7-4-2-1-3-5-7/h1-6H,(H2,12,15)(H,14,16). The molecule has 0 fully saturated rings. The largest absolute Gasteiger partial charge is 0.364 e. The first-order valence-electron chi connectivity index (χ1n) is 4.63. The fourth-order valence-corrected chi connectivity index (χ4v) is 1.34. The van der Waals surface area contributed by atoms with Gasteiger partial charge >= 0.3 is 0 Å². The number of amides is 1. The molecule has 0 atom stereocenters. The van der Waals surface area contributed by atoms with Crippen molar-refractivity contribution >= 4 is 5.91 Å². The highest BCUT2D eigenvalue weighted by atomic mass is 16.2. The Morgan fingerprint density at radius 3 is 2.50 bits per heavy atom. The van der Waals surface area contributed by atoms with E-state index in [1.54, 1.807) is 0 Å². The normalized spacial score (nSPS) is 10.0. The summed E-state index contributed by atoms with van der Waals surface area (Å²) in [6, 6.07) is 9.21. The van der Waals surface area contributed by atoms with Crippen LogP contribution in [0.4, 0.5) is 0 Å². The Kier molecular flexibility index (Phi) is 2.51.